The number of ether oxygens (including phenoxy) is 1. The first kappa shape index (κ1) is 19.5. The number of halogens is 1. The van der Waals surface area contributed by atoms with Crippen molar-refractivity contribution in [3.63, 3.8) is 0 Å². The van der Waals surface area contributed by atoms with Crippen LogP contribution in [-0.2, 0) is 9.53 Å². The maximum Gasteiger partial charge on any atom is 0.411 e. The van der Waals surface area contributed by atoms with Crippen LogP contribution in [0.25, 0.3) is 0 Å². The lowest BCUT2D eigenvalue weighted by molar-refractivity contribution is -0.144. The van der Waals surface area contributed by atoms with Gasteiger partial charge in [0.2, 0.25) is 0 Å². The molecule has 0 radical (unpaired) electrons. The summed E-state index contributed by atoms with van der Waals surface area (Å²) in [6.45, 7) is 10.7. The average Bonchev–Trinajstić information content (AvgIpc) is 2.33. The molecule has 0 aliphatic rings. The summed E-state index contributed by atoms with van der Waals surface area (Å²) in [5.74, 6) is -1.10. The summed E-state index contributed by atoms with van der Waals surface area (Å²) in [6.07, 6.45) is -0.646. The molecule has 1 unspecified atom stereocenters. The van der Waals surface area contributed by atoms with Gasteiger partial charge < -0.3 is 9.84 Å². The second-order valence-electron chi connectivity index (χ2n) is 6.75. The van der Waals surface area contributed by atoms with Crippen molar-refractivity contribution in [2.45, 2.75) is 59.2 Å². The molecular weight excluding hydrogens is 362 g/mol. The molecule has 1 amide bonds. The number of carboxylic acid groups (broad SMARTS) is 1. The Kier molecular flexibility index (Phi) is 6.22. The molecule has 0 aliphatic carbocycles. The molecule has 128 valence electrons. The lowest BCUT2D eigenvalue weighted by atomic mass is 10.0. The van der Waals surface area contributed by atoms with E-state index in [-0.39, 0.29) is 6.04 Å². The van der Waals surface area contributed by atoms with Crippen LogP contribution in [0.4, 0.5) is 4.79 Å². The summed E-state index contributed by atoms with van der Waals surface area (Å²) in [5.41, 5.74) is 0.818. The van der Waals surface area contributed by atoms with Crippen LogP contribution in [0.3, 0.4) is 0 Å². The first-order valence-electron chi connectivity index (χ1n) is 7.44. The second-order valence-corrected chi connectivity index (χ2v) is 7.60. The number of amides is 1. The lowest BCUT2D eigenvalue weighted by Gasteiger charge is -2.34. The van der Waals surface area contributed by atoms with Crippen molar-refractivity contribution in [3.05, 3.63) is 33.8 Å². The smallest absolute Gasteiger partial charge is 0.411 e. The molecule has 1 aromatic carbocycles. The summed E-state index contributed by atoms with van der Waals surface area (Å²) in [7, 11) is 0. The molecule has 0 spiro atoms. The SMILES string of the molecule is Cc1ccc(C(C(=O)O)N(C(=O)OC(C)(C)C)C(C)C)c(Br)c1. The van der Waals surface area contributed by atoms with Crippen LogP contribution < -0.4 is 0 Å². The summed E-state index contributed by atoms with van der Waals surface area (Å²) < 4.78 is 6.04. The third-order valence-electron chi connectivity index (χ3n) is 3.12. The number of aryl methyl sites for hydroxylation is 1. The number of aliphatic carboxylic acids is 1. The third kappa shape index (κ3) is 5.23. The summed E-state index contributed by atoms with van der Waals surface area (Å²) in [6, 6.07) is 3.92. The Morgan fingerprint density at radius 3 is 2.22 bits per heavy atom. The van der Waals surface area contributed by atoms with Crippen molar-refractivity contribution in [2.24, 2.45) is 0 Å². The van der Waals surface area contributed by atoms with Crippen LogP contribution in [-0.4, -0.2) is 33.7 Å². The molecule has 5 nitrogen and oxygen atoms in total. The molecule has 6 heteroatoms. The maximum atomic E-state index is 12.5. The summed E-state index contributed by atoms with van der Waals surface area (Å²) in [5, 5.41) is 9.72. The van der Waals surface area contributed by atoms with Gasteiger partial charge in [-0.1, -0.05) is 28.1 Å². The van der Waals surface area contributed by atoms with E-state index in [2.05, 4.69) is 15.9 Å². The van der Waals surface area contributed by atoms with Gasteiger partial charge in [-0.05, 0) is 53.2 Å². The highest BCUT2D eigenvalue weighted by Crippen LogP contribution is 2.31. The van der Waals surface area contributed by atoms with E-state index in [4.69, 9.17) is 4.74 Å². The number of carboxylic acids is 1. The predicted octanol–water partition coefficient (Wildman–Crippen LogP) is 4.53. The number of carbonyl (C=O) groups is 2. The Bertz CT molecular complexity index is 593. The van der Waals surface area contributed by atoms with E-state index < -0.39 is 23.7 Å². The quantitative estimate of drug-likeness (QED) is 0.826. The molecule has 1 aromatic rings. The number of benzene rings is 1. The Balaban J connectivity index is 3.33. The molecule has 1 N–H and O–H groups in total. The number of carbonyl (C=O) groups excluding carboxylic acids is 1. The normalized spacial score (nSPS) is 12.9. The van der Waals surface area contributed by atoms with E-state index in [9.17, 15) is 14.7 Å². The third-order valence-corrected chi connectivity index (χ3v) is 3.81. The highest BCUT2D eigenvalue weighted by molar-refractivity contribution is 9.10. The molecule has 1 rings (SSSR count). The van der Waals surface area contributed by atoms with Crippen LogP contribution in [0.5, 0.6) is 0 Å². The lowest BCUT2D eigenvalue weighted by Crippen LogP contribution is -2.46. The summed E-state index contributed by atoms with van der Waals surface area (Å²) >= 11 is 3.40. The van der Waals surface area contributed by atoms with Crippen LogP contribution in [0, 0.1) is 6.92 Å². The molecule has 0 fully saturated rings. The van der Waals surface area contributed by atoms with Gasteiger partial charge in [0.1, 0.15) is 5.60 Å². The monoisotopic (exact) mass is 385 g/mol. The number of hydrogen-bond donors (Lipinski definition) is 1. The minimum absolute atomic E-state index is 0.334. The molecule has 1 atom stereocenters. The van der Waals surface area contributed by atoms with E-state index in [0.717, 1.165) is 5.56 Å². The minimum atomic E-state index is -1.13. The van der Waals surface area contributed by atoms with Gasteiger partial charge in [0.25, 0.3) is 0 Å². The fraction of sp³-hybridized carbons (Fsp3) is 0.529. The van der Waals surface area contributed by atoms with Gasteiger partial charge in [-0.25, -0.2) is 9.59 Å². The standard InChI is InChI=1S/C17H24BrNO4/c1-10(2)19(16(22)23-17(4,5)6)14(15(20)21)12-8-7-11(3)9-13(12)18/h7-10,14H,1-6H3,(H,20,21). The van der Waals surface area contributed by atoms with Gasteiger partial charge in [0, 0.05) is 16.1 Å². The molecule has 0 saturated heterocycles. The van der Waals surface area contributed by atoms with Gasteiger partial charge >= 0.3 is 12.1 Å². The van der Waals surface area contributed by atoms with Crippen molar-refractivity contribution in [2.75, 3.05) is 0 Å². The average molecular weight is 386 g/mol. The molecule has 0 heterocycles. The van der Waals surface area contributed by atoms with Crippen LogP contribution in [0.15, 0.2) is 22.7 Å². The van der Waals surface area contributed by atoms with E-state index in [1.807, 2.05) is 19.1 Å². The maximum absolute atomic E-state index is 12.5. The van der Waals surface area contributed by atoms with Crippen molar-refractivity contribution >= 4 is 28.0 Å². The number of hydrogen-bond acceptors (Lipinski definition) is 3. The minimum Gasteiger partial charge on any atom is -0.479 e. The molecule has 0 bridgehead atoms. The largest absolute Gasteiger partial charge is 0.479 e. The number of rotatable bonds is 4. The van der Waals surface area contributed by atoms with E-state index in [1.165, 1.54) is 4.90 Å². The van der Waals surface area contributed by atoms with Gasteiger partial charge in [-0.3, -0.25) is 4.90 Å². The zero-order valence-electron chi connectivity index (χ0n) is 14.4. The van der Waals surface area contributed by atoms with Crippen molar-refractivity contribution in [3.8, 4) is 0 Å². The van der Waals surface area contributed by atoms with Gasteiger partial charge in [0.15, 0.2) is 6.04 Å². The zero-order valence-corrected chi connectivity index (χ0v) is 16.0. The highest BCUT2D eigenvalue weighted by Gasteiger charge is 2.36. The van der Waals surface area contributed by atoms with Gasteiger partial charge in [-0.2, -0.15) is 0 Å². The first-order chi connectivity index (χ1) is 10.4. The van der Waals surface area contributed by atoms with E-state index >= 15 is 0 Å². The van der Waals surface area contributed by atoms with Gasteiger partial charge in [0.05, 0.1) is 0 Å². The van der Waals surface area contributed by atoms with Crippen LogP contribution in [0.2, 0.25) is 0 Å². The van der Waals surface area contributed by atoms with Crippen LogP contribution >= 0.6 is 15.9 Å². The van der Waals surface area contributed by atoms with Crippen LogP contribution in [0.1, 0.15) is 51.8 Å². The Morgan fingerprint density at radius 2 is 1.83 bits per heavy atom. The van der Waals surface area contributed by atoms with Crippen molar-refractivity contribution in [1.29, 1.82) is 0 Å². The second kappa shape index (κ2) is 7.34. The molecular formula is C17H24BrNO4. The molecule has 0 aliphatic heterocycles. The topological polar surface area (TPSA) is 66.8 Å². The molecule has 0 saturated carbocycles. The Labute approximate surface area is 145 Å². The zero-order chi connectivity index (χ0) is 17.9. The number of nitrogens with zero attached hydrogens (tertiary/aromatic N) is 1. The first-order valence-corrected chi connectivity index (χ1v) is 8.23. The van der Waals surface area contributed by atoms with Crippen molar-refractivity contribution in [1.82, 2.24) is 4.90 Å². The van der Waals surface area contributed by atoms with E-state index in [1.54, 1.807) is 40.7 Å². The van der Waals surface area contributed by atoms with Crippen molar-refractivity contribution < 1.29 is 19.4 Å². The summed E-state index contributed by atoms with van der Waals surface area (Å²) in [4.78, 5) is 25.7. The van der Waals surface area contributed by atoms with Gasteiger partial charge in [-0.15, -0.1) is 0 Å². The fourth-order valence-electron chi connectivity index (χ4n) is 2.18. The molecule has 0 aromatic heterocycles. The Hall–Kier alpha value is -1.56. The predicted molar refractivity (Wildman–Crippen MR) is 92.5 cm³/mol. The fourth-order valence-corrected chi connectivity index (χ4v) is 2.89. The Morgan fingerprint density at radius 1 is 1.26 bits per heavy atom. The highest BCUT2D eigenvalue weighted by atomic mass is 79.9. The molecule has 23 heavy (non-hydrogen) atoms. The van der Waals surface area contributed by atoms with E-state index in [0.29, 0.717) is 10.0 Å².